The molecule has 0 amide bonds. The van der Waals surface area contributed by atoms with E-state index in [1.807, 2.05) is 28.6 Å². The zero-order valence-electron chi connectivity index (χ0n) is 9.50. The molecule has 1 heterocycles. The van der Waals surface area contributed by atoms with E-state index in [4.69, 9.17) is 4.84 Å². The van der Waals surface area contributed by atoms with Gasteiger partial charge < -0.3 is 0 Å². The van der Waals surface area contributed by atoms with Crippen LogP contribution in [-0.4, -0.2) is 23.1 Å². The van der Waals surface area contributed by atoms with Crippen LogP contribution in [0.25, 0.3) is 0 Å². The maximum Gasteiger partial charge on any atom is 0.107 e. The van der Waals surface area contributed by atoms with Crippen molar-refractivity contribution in [1.29, 1.82) is 0 Å². The molecule has 0 aliphatic carbocycles. The molecule has 3 atom stereocenters. The highest BCUT2D eigenvalue weighted by molar-refractivity contribution is 8.77. The quantitative estimate of drug-likeness (QED) is 0.583. The zero-order chi connectivity index (χ0) is 10.6. The van der Waals surface area contributed by atoms with Crippen LogP contribution in [-0.2, 0) is 4.84 Å². The average Bonchev–Trinajstić information content (AvgIpc) is 2.48. The minimum Gasteiger partial charge on any atom is -0.296 e. The van der Waals surface area contributed by atoms with E-state index >= 15 is 0 Å². The lowest BCUT2D eigenvalue weighted by molar-refractivity contribution is -0.0327. The fourth-order valence-electron chi connectivity index (χ4n) is 2.07. The van der Waals surface area contributed by atoms with Crippen molar-refractivity contribution < 1.29 is 4.84 Å². The third-order valence-electron chi connectivity index (χ3n) is 2.83. The summed E-state index contributed by atoms with van der Waals surface area (Å²) in [5.41, 5.74) is 2.86. The Kier molecular flexibility index (Phi) is 5.11. The Hall–Kier alpha value is 0.620. The molecule has 4 heteroatoms. The van der Waals surface area contributed by atoms with Gasteiger partial charge >= 0.3 is 0 Å². The van der Waals surface area contributed by atoms with E-state index < -0.39 is 0 Å². The summed E-state index contributed by atoms with van der Waals surface area (Å²) in [6.45, 7) is 6.78. The molecule has 0 bridgehead atoms. The molecular weight excluding hydrogens is 214 g/mol. The van der Waals surface area contributed by atoms with Gasteiger partial charge in [0.1, 0.15) is 6.10 Å². The van der Waals surface area contributed by atoms with Crippen molar-refractivity contribution in [2.45, 2.75) is 56.1 Å². The molecule has 1 aliphatic heterocycles. The molecule has 14 heavy (non-hydrogen) atoms. The van der Waals surface area contributed by atoms with Gasteiger partial charge in [-0.05, 0) is 19.8 Å². The van der Waals surface area contributed by atoms with Crippen molar-refractivity contribution in [3.05, 3.63) is 0 Å². The van der Waals surface area contributed by atoms with Crippen molar-refractivity contribution in [3.63, 3.8) is 0 Å². The first-order valence-corrected chi connectivity index (χ1v) is 7.58. The van der Waals surface area contributed by atoms with Gasteiger partial charge in [0.2, 0.25) is 0 Å². The van der Waals surface area contributed by atoms with Crippen molar-refractivity contribution >= 4 is 21.6 Å². The Labute approximate surface area is 95.3 Å². The number of hydrogen-bond donors (Lipinski definition) is 1. The van der Waals surface area contributed by atoms with E-state index in [-0.39, 0.29) is 0 Å². The molecule has 0 saturated carbocycles. The summed E-state index contributed by atoms with van der Waals surface area (Å²) >= 11 is 0. The second kappa shape index (κ2) is 5.64. The average molecular weight is 235 g/mol. The summed E-state index contributed by atoms with van der Waals surface area (Å²) in [7, 11) is 5.84. The molecule has 0 aromatic carbocycles. The van der Waals surface area contributed by atoms with E-state index in [9.17, 15) is 0 Å². The molecule has 1 rings (SSSR count). The fourth-order valence-corrected chi connectivity index (χ4v) is 5.89. The van der Waals surface area contributed by atoms with Gasteiger partial charge in [-0.25, -0.2) is 5.48 Å². The van der Waals surface area contributed by atoms with Crippen molar-refractivity contribution in [2.24, 2.45) is 0 Å². The predicted octanol–water partition coefficient (Wildman–Crippen LogP) is 3.24. The minimum atomic E-state index is 0.321. The Balaban J connectivity index is 2.71. The smallest absolute Gasteiger partial charge is 0.107 e. The van der Waals surface area contributed by atoms with Crippen LogP contribution in [0.4, 0.5) is 0 Å². The third-order valence-corrected chi connectivity index (χ3v) is 6.73. The maximum atomic E-state index is 5.68. The number of nitrogens with one attached hydrogen (secondary N) is 1. The Bertz CT molecular complexity index is 176. The summed E-state index contributed by atoms with van der Waals surface area (Å²) < 4.78 is 0.321. The number of rotatable bonds is 5. The Morgan fingerprint density at radius 1 is 1.43 bits per heavy atom. The van der Waals surface area contributed by atoms with Crippen LogP contribution in [0.15, 0.2) is 0 Å². The van der Waals surface area contributed by atoms with Crippen LogP contribution in [0.1, 0.15) is 40.0 Å². The minimum absolute atomic E-state index is 0.321. The lowest BCUT2D eigenvalue weighted by Gasteiger charge is -2.32. The highest BCUT2D eigenvalue weighted by atomic mass is 33.1. The standard InChI is InChI=1S/C10H21NOS2/c1-5-7-10(6-2)9(12-11-4)8(3)13-14-10/h8-9,11H,5-7H2,1-4H3. The van der Waals surface area contributed by atoms with Gasteiger partial charge in [-0.2, -0.15) is 0 Å². The van der Waals surface area contributed by atoms with Gasteiger partial charge in [0.25, 0.3) is 0 Å². The van der Waals surface area contributed by atoms with Gasteiger partial charge in [-0.3, -0.25) is 4.84 Å². The molecule has 2 nitrogen and oxygen atoms in total. The van der Waals surface area contributed by atoms with E-state index in [0.29, 0.717) is 16.1 Å². The number of hydrogen-bond acceptors (Lipinski definition) is 4. The fraction of sp³-hybridized carbons (Fsp3) is 1.00. The summed E-state index contributed by atoms with van der Waals surface area (Å²) in [5.74, 6) is 0. The van der Waals surface area contributed by atoms with Crippen molar-refractivity contribution in [2.75, 3.05) is 7.05 Å². The topological polar surface area (TPSA) is 21.3 Å². The molecule has 1 saturated heterocycles. The molecule has 1 aliphatic rings. The van der Waals surface area contributed by atoms with E-state index in [1.165, 1.54) is 19.3 Å². The summed E-state index contributed by atoms with van der Waals surface area (Å²) in [6.07, 6.45) is 4.01. The first kappa shape index (κ1) is 12.7. The molecule has 3 unspecified atom stereocenters. The van der Waals surface area contributed by atoms with Gasteiger partial charge in [-0.15, -0.1) is 0 Å². The molecule has 1 fully saturated rings. The van der Waals surface area contributed by atoms with Gasteiger partial charge in [0.05, 0.1) is 4.75 Å². The monoisotopic (exact) mass is 235 g/mol. The molecule has 0 spiro atoms. The Morgan fingerprint density at radius 2 is 2.14 bits per heavy atom. The second-order valence-electron chi connectivity index (χ2n) is 3.80. The molecule has 84 valence electrons. The van der Waals surface area contributed by atoms with E-state index in [0.717, 1.165) is 0 Å². The summed E-state index contributed by atoms with van der Waals surface area (Å²) in [4.78, 5) is 5.68. The van der Waals surface area contributed by atoms with E-state index in [1.54, 1.807) is 0 Å². The Morgan fingerprint density at radius 3 is 2.64 bits per heavy atom. The second-order valence-corrected chi connectivity index (χ2v) is 6.79. The SMILES string of the molecule is CCCC1(CC)SSC(C)C1ONC. The predicted molar refractivity (Wildman–Crippen MR) is 66.5 cm³/mol. The highest BCUT2D eigenvalue weighted by Gasteiger charge is 2.47. The molecular formula is C10H21NOS2. The first-order chi connectivity index (χ1) is 6.70. The van der Waals surface area contributed by atoms with Crippen LogP contribution in [0.3, 0.4) is 0 Å². The van der Waals surface area contributed by atoms with Crippen LogP contribution in [0.5, 0.6) is 0 Å². The summed E-state index contributed by atoms with van der Waals surface area (Å²) in [6, 6.07) is 0. The molecule has 0 aromatic heterocycles. The van der Waals surface area contributed by atoms with Crippen LogP contribution in [0, 0.1) is 0 Å². The van der Waals surface area contributed by atoms with Crippen molar-refractivity contribution in [1.82, 2.24) is 5.48 Å². The first-order valence-electron chi connectivity index (χ1n) is 5.37. The van der Waals surface area contributed by atoms with Gasteiger partial charge in [0.15, 0.2) is 0 Å². The van der Waals surface area contributed by atoms with Gasteiger partial charge in [0, 0.05) is 12.3 Å². The number of hydroxylamine groups is 1. The van der Waals surface area contributed by atoms with Crippen LogP contribution in [0.2, 0.25) is 0 Å². The normalized spacial score (nSPS) is 37.7. The molecule has 0 aromatic rings. The zero-order valence-corrected chi connectivity index (χ0v) is 11.1. The van der Waals surface area contributed by atoms with E-state index in [2.05, 4.69) is 26.3 Å². The lowest BCUT2D eigenvalue weighted by atomic mass is 9.91. The van der Waals surface area contributed by atoms with Crippen molar-refractivity contribution in [3.8, 4) is 0 Å². The maximum absolute atomic E-state index is 5.68. The van der Waals surface area contributed by atoms with Crippen LogP contribution < -0.4 is 5.48 Å². The molecule has 1 N–H and O–H groups in total. The van der Waals surface area contributed by atoms with Crippen LogP contribution >= 0.6 is 21.6 Å². The highest BCUT2D eigenvalue weighted by Crippen LogP contribution is 2.55. The summed E-state index contributed by atoms with van der Waals surface area (Å²) in [5, 5.41) is 0.582. The largest absolute Gasteiger partial charge is 0.296 e. The third kappa shape index (κ3) is 2.40. The lowest BCUT2D eigenvalue weighted by Crippen LogP contribution is -2.43. The van der Waals surface area contributed by atoms with Gasteiger partial charge in [-0.1, -0.05) is 41.9 Å². The molecule has 0 radical (unpaired) electrons.